The maximum atomic E-state index is 13.3. The lowest BCUT2D eigenvalue weighted by molar-refractivity contribution is 0.615. The number of benzene rings is 1. The quantitative estimate of drug-likeness (QED) is 0.511. The molecule has 3 rings (SSSR count). The predicted molar refractivity (Wildman–Crippen MR) is 85.9 cm³/mol. The van der Waals surface area contributed by atoms with Crippen molar-refractivity contribution in [3.63, 3.8) is 0 Å². The lowest BCUT2D eigenvalue weighted by atomic mass is 9.99. The van der Waals surface area contributed by atoms with Crippen LogP contribution in [0, 0.1) is 12.7 Å². The van der Waals surface area contributed by atoms with Crippen molar-refractivity contribution in [1.29, 1.82) is 0 Å². The molecule has 0 amide bonds. The third-order valence-corrected chi connectivity index (χ3v) is 5.56. The van der Waals surface area contributed by atoms with Crippen LogP contribution in [-0.4, -0.2) is 0 Å². The van der Waals surface area contributed by atoms with Gasteiger partial charge in [-0.2, -0.15) is 0 Å². The van der Waals surface area contributed by atoms with Gasteiger partial charge in [-0.15, -0.1) is 11.3 Å². The number of nitrogens with one attached hydrogen (secondary N) is 1. The molecule has 1 aliphatic rings. The molecule has 1 aliphatic carbocycles. The topological polar surface area (TPSA) is 38.0 Å². The molecule has 1 atom stereocenters. The first-order chi connectivity index (χ1) is 10.2. The van der Waals surface area contributed by atoms with Gasteiger partial charge in [0.15, 0.2) is 0 Å². The molecule has 2 nitrogen and oxygen atoms in total. The van der Waals surface area contributed by atoms with E-state index in [0.29, 0.717) is 0 Å². The number of fused-ring (bicyclic) bond motifs is 1. The Bertz CT molecular complexity index is 612. The van der Waals surface area contributed by atoms with Crippen molar-refractivity contribution in [3.05, 3.63) is 56.5 Å². The molecular formula is C17H21FN2S. The molecule has 1 unspecified atom stereocenters. The van der Waals surface area contributed by atoms with Gasteiger partial charge in [0.25, 0.3) is 0 Å². The van der Waals surface area contributed by atoms with E-state index in [-0.39, 0.29) is 11.9 Å². The fraction of sp³-hybridized carbons (Fsp3) is 0.412. The smallest absolute Gasteiger partial charge is 0.123 e. The zero-order chi connectivity index (χ0) is 14.8. The van der Waals surface area contributed by atoms with Gasteiger partial charge in [-0.05, 0) is 67.5 Å². The summed E-state index contributed by atoms with van der Waals surface area (Å²) in [6, 6.07) is 7.14. The molecular weight excluding hydrogens is 283 g/mol. The minimum atomic E-state index is -0.200. The van der Waals surface area contributed by atoms with Crippen LogP contribution >= 0.6 is 11.3 Å². The third kappa shape index (κ3) is 3.03. The number of halogens is 1. The largest absolute Gasteiger partial charge is 0.271 e. The van der Waals surface area contributed by atoms with Crippen molar-refractivity contribution < 1.29 is 4.39 Å². The van der Waals surface area contributed by atoms with Crippen molar-refractivity contribution >= 4 is 11.3 Å². The fourth-order valence-corrected chi connectivity index (χ4v) is 4.46. The molecule has 0 spiro atoms. The van der Waals surface area contributed by atoms with E-state index in [0.717, 1.165) is 11.1 Å². The Balaban J connectivity index is 1.96. The molecule has 21 heavy (non-hydrogen) atoms. The second-order valence-electron chi connectivity index (χ2n) is 5.76. The second-order valence-corrected chi connectivity index (χ2v) is 6.93. The van der Waals surface area contributed by atoms with E-state index in [1.54, 1.807) is 6.07 Å². The molecule has 0 saturated heterocycles. The van der Waals surface area contributed by atoms with Gasteiger partial charge >= 0.3 is 0 Å². The van der Waals surface area contributed by atoms with Gasteiger partial charge in [-0.1, -0.05) is 12.5 Å². The van der Waals surface area contributed by atoms with Crippen LogP contribution in [-0.2, 0) is 12.8 Å². The standard InChI is InChI=1S/C17H21FN2S/c1-11-9-13(18)7-8-14(11)17(20-19)16-10-12-5-3-2-4-6-15(12)21-16/h7-10,17,20H,2-6,19H2,1H3. The fourth-order valence-electron chi connectivity index (χ4n) is 3.12. The van der Waals surface area contributed by atoms with Crippen molar-refractivity contribution in [3.8, 4) is 0 Å². The van der Waals surface area contributed by atoms with E-state index >= 15 is 0 Å². The highest BCUT2D eigenvalue weighted by molar-refractivity contribution is 7.12. The first-order valence-corrected chi connectivity index (χ1v) is 8.34. The highest BCUT2D eigenvalue weighted by Crippen LogP contribution is 2.35. The maximum absolute atomic E-state index is 13.3. The molecule has 0 saturated carbocycles. The van der Waals surface area contributed by atoms with Gasteiger partial charge in [0.2, 0.25) is 0 Å². The monoisotopic (exact) mass is 304 g/mol. The third-order valence-electron chi connectivity index (χ3n) is 4.26. The number of rotatable bonds is 3. The maximum Gasteiger partial charge on any atom is 0.123 e. The Morgan fingerprint density at radius 2 is 2.00 bits per heavy atom. The lowest BCUT2D eigenvalue weighted by Crippen LogP contribution is -2.28. The van der Waals surface area contributed by atoms with Gasteiger partial charge in [0.05, 0.1) is 6.04 Å². The van der Waals surface area contributed by atoms with Crippen LogP contribution in [0.5, 0.6) is 0 Å². The number of hydrogen-bond acceptors (Lipinski definition) is 3. The molecule has 4 heteroatoms. The van der Waals surface area contributed by atoms with Crippen LogP contribution < -0.4 is 11.3 Å². The molecule has 0 bridgehead atoms. The molecule has 1 aromatic heterocycles. The van der Waals surface area contributed by atoms with E-state index in [1.807, 2.05) is 24.3 Å². The van der Waals surface area contributed by atoms with E-state index in [2.05, 4.69) is 11.5 Å². The van der Waals surface area contributed by atoms with Crippen LogP contribution in [0.2, 0.25) is 0 Å². The van der Waals surface area contributed by atoms with E-state index in [4.69, 9.17) is 5.84 Å². The van der Waals surface area contributed by atoms with Gasteiger partial charge in [0, 0.05) is 9.75 Å². The number of hydrazine groups is 1. The highest BCUT2D eigenvalue weighted by Gasteiger charge is 2.20. The summed E-state index contributed by atoms with van der Waals surface area (Å²) in [5.41, 5.74) is 6.37. The Hall–Kier alpha value is -1.23. The SMILES string of the molecule is Cc1cc(F)ccc1C(NN)c1cc2c(s1)CCCCC2. The molecule has 1 heterocycles. The minimum Gasteiger partial charge on any atom is -0.271 e. The zero-order valence-electron chi connectivity index (χ0n) is 12.3. The van der Waals surface area contributed by atoms with Crippen LogP contribution in [0.25, 0.3) is 0 Å². The van der Waals surface area contributed by atoms with E-state index in [9.17, 15) is 4.39 Å². The summed E-state index contributed by atoms with van der Waals surface area (Å²) in [6.45, 7) is 1.93. The van der Waals surface area contributed by atoms with Crippen molar-refractivity contribution in [2.24, 2.45) is 5.84 Å². The lowest BCUT2D eigenvalue weighted by Gasteiger charge is -2.17. The van der Waals surface area contributed by atoms with Gasteiger partial charge < -0.3 is 0 Å². The number of thiophene rings is 1. The van der Waals surface area contributed by atoms with Crippen LogP contribution in [0.4, 0.5) is 4.39 Å². The van der Waals surface area contributed by atoms with Gasteiger partial charge in [0.1, 0.15) is 5.82 Å². The highest BCUT2D eigenvalue weighted by atomic mass is 32.1. The summed E-state index contributed by atoms with van der Waals surface area (Å²) in [4.78, 5) is 2.74. The Kier molecular flexibility index (Phi) is 4.38. The van der Waals surface area contributed by atoms with Crippen molar-refractivity contribution in [2.75, 3.05) is 0 Å². The summed E-state index contributed by atoms with van der Waals surface area (Å²) in [5.74, 6) is 5.60. The van der Waals surface area contributed by atoms with Crippen LogP contribution in [0.3, 0.4) is 0 Å². The second kappa shape index (κ2) is 6.26. The Labute approximate surface area is 129 Å². The van der Waals surface area contributed by atoms with Crippen LogP contribution in [0.15, 0.2) is 24.3 Å². The molecule has 0 aliphatic heterocycles. The Morgan fingerprint density at radius 1 is 1.19 bits per heavy atom. The summed E-state index contributed by atoms with van der Waals surface area (Å²) >= 11 is 1.85. The molecule has 3 N–H and O–H groups in total. The Morgan fingerprint density at radius 3 is 2.76 bits per heavy atom. The molecule has 0 fully saturated rings. The predicted octanol–water partition coefficient (Wildman–Crippen LogP) is 4.02. The molecule has 0 radical (unpaired) electrons. The van der Waals surface area contributed by atoms with E-state index < -0.39 is 0 Å². The minimum absolute atomic E-state index is 0.0532. The number of nitrogens with two attached hydrogens (primary N) is 1. The molecule has 2 aromatic rings. The van der Waals surface area contributed by atoms with Gasteiger partial charge in [-0.25, -0.2) is 9.82 Å². The summed E-state index contributed by atoms with van der Waals surface area (Å²) < 4.78 is 13.3. The summed E-state index contributed by atoms with van der Waals surface area (Å²) in [5, 5.41) is 0. The van der Waals surface area contributed by atoms with Crippen LogP contribution in [0.1, 0.15) is 51.7 Å². The first-order valence-electron chi connectivity index (χ1n) is 7.52. The van der Waals surface area contributed by atoms with Crippen molar-refractivity contribution in [2.45, 2.75) is 45.1 Å². The van der Waals surface area contributed by atoms with Gasteiger partial charge in [-0.3, -0.25) is 5.84 Å². The number of aryl methyl sites for hydroxylation is 3. The zero-order valence-corrected chi connectivity index (χ0v) is 13.1. The number of hydrogen-bond donors (Lipinski definition) is 2. The average Bonchev–Trinajstić information content (AvgIpc) is 2.72. The summed E-state index contributed by atoms with van der Waals surface area (Å²) in [7, 11) is 0. The van der Waals surface area contributed by atoms with Crippen molar-refractivity contribution in [1.82, 2.24) is 5.43 Å². The average molecular weight is 304 g/mol. The summed E-state index contributed by atoms with van der Waals surface area (Å²) in [6.07, 6.45) is 6.24. The normalized spacial score (nSPS) is 16.3. The van der Waals surface area contributed by atoms with E-state index in [1.165, 1.54) is 53.5 Å². The molecule has 112 valence electrons. The first kappa shape index (κ1) is 14.7. The molecule has 1 aromatic carbocycles.